The van der Waals surface area contributed by atoms with Crippen LogP contribution in [0.15, 0.2) is 45.5 Å². The molecule has 0 unspecified atom stereocenters. The summed E-state index contributed by atoms with van der Waals surface area (Å²) in [6, 6.07) is 10.2. The topological polar surface area (TPSA) is 25.2 Å². The molecule has 0 fully saturated rings. The lowest BCUT2D eigenvalue weighted by Crippen LogP contribution is -2.04. The van der Waals surface area contributed by atoms with E-state index in [1.54, 1.807) is 6.26 Å². The summed E-state index contributed by atoms with van der Waals surface area (Å²) < 4.78 is 6.50. The van der Waals surface area contributed by atoms with E-state index in [0.29, 0.717) is 0 Å². The van der Waals surface area contributed by atoms with Crippen molar-refractivity contribution in [1.82, 2.24) is 5.32 Å². The highest BCUT2D eigenvalue weighted by Crippen LogP contribution is 2.26. The molecular weight excluding hydrogens is 254 g/mol. The molecule has 0 spiro atoms. The van der Waals surface area contributed by atoms with Crippen LogP contribution in [0.3, 0.4) is 0 Å². The second kappa shape index (κ2) is 4.64. The predicted molar refractivity (Wildman–Crippen MR) is 64.6 cm³/mol. The predicted octanol–water partition coefficient (Wildman–Crippen LogP) is 3.43. The van der Waals surface area contributed by atoms with Gasteiger partial charge in [0.1, 0.15) is 5.76 Å². The Morgan fingerprint density at radius 3 is 2.60 bits per heavy atom. The number of halogens is 1. The number of rotatable bonds is 3. The van der Waals surface area contributed by atoms with Crippen LogP contribution in [0.5, 0.6) is 0 Å². The van der Waals surface area contributed by atoms with Gasteiger partial charge in [0.05, 0.1) is 12.8 Å². The fraction of sp³-hybridized carbons (Fsp3) is 0.167. The summed E-state index contributed by atoms with van der Waals surface area (Å²) >= 11 is 3.42. The van der Waals surface area contributed by atoms with E-state index in [1.807, 2.05) is 25.2 Å². The lowest BCUT2D eigenvalue weighted by molar-refractivity contribution is 0.497. The van der Waals surface area contributed by atoms with Crippen molar-refractivity contribution in [2.24, 2.45) is 0 Å². The lowest BCUT2D eigenvalue weighted by Gasteiger charge is -2.02. The SMILES string of the molecule is CNCc1occc1-c1ccc(Br)cc1. The Hall–Kier alpha value is -1.06. The molecule has 2 rings (SSSR count). The number of furan rings is 1. The van der Waals surface area contributed by atoms with E-state index in [1.165, 1.54) is 5.56 Å². The summed E-state index contributed by atoms with van der Waals surface area (Å²) in [7, 11) is 1.91. The van der Waals surface area contributed by atoms with Gasteiger partial charge in [0.2, 0.25) is 0 Å². The number of nitrogens with one attached hydrogen (secondary N) is 1. The molecule has 2 aromatic rings. The summed E-state index contributed by atoms with van der Waals surface area (Å²) in [5.74, 6) is 0.972. The first kappa shape index (κ1) is 10.5. The summed E-state index contributed by atoms with van der Waals surface area (Å²) in [4.78, 5) is 0. The number of hydrogen-bond donors (Lipinski definition) is 1. The first-order valence-electron chi connectivity index (χ1n) is 4.78. The van der Waals surface area contributed by atoms with Gasteiger partial charge in [-0.1, -0.05) is 28.1 Å². The van der Waals surface area contributed by atoms with Crippen LogP contribution in [0.2, 0.25) is 0 Å². The van der Waals surface area contributed by atoms with Crippen LogP contribution in [-0.4, -0.2) is 7.05 Å². The van der Waals surface area contributed by atoms with Crippen LogP contribution in [0, 0.1) is 0 Å². The maximum absolute atomic E-state index is 5.42. The van der Waals surface area contributed by atoms with Crippen molar-refractivity contribution in [2.75, 3.05) is 7.05 Å². The standard InChI is InChI=1S/C12H12BrNO/c1-14-8-12-11(6-7-15-12)9-2-4-10(13)5-3-9/h2-7,14H,8H2,1H3. The van der Waals surface area contributed by atoms with Gasteiger partial charge in [0.25, 0.3) is 0 Å². The molecule has 0 radical (unpaired) electrons. The molecule has 0 atom stereocenters. The zero-order chi connectivity index (χ0) is 10.7. The molecule has 1 N–H and O–H groups in total. The molecule has 0 aliphatic rings. The molecule has 0 bridgehead atoms. The molecule has 2 nitrogen and oxygen atoms in total. The fourth-order valence-electron chi connectivity index (χ4n) is 1.52. The molecule has 78 valence electrons. The van der Waals surface area contributed by atoms with Crippen molar-refractivity contribution < 1.29 is 4.42 Å². The Labute approximate surface area is 97.4 Å². The summed E-state index contributed by atoms with van der Waals surface area (Å²) in [6.07, 6.45) is 1.73. The fourth-order valence-corrected chi connectivity index (χ4v) is 1.79. The van der Waals surface area contributed by atoms with Crippen LogP contribution >= 0.6 is 15.9 Å². The third kappa shape index (κ3) is 2.30. The van der Waals surface area contributed by atoms with Crippen molar-refractivity contribution in [3.05, 3.63) is 46.8 Å². The van der Waals surface area contributed by atoms with Crippen LogP contribution in [0.25, 0.3) is 11.1 Å². The van der Waals surface area contributed by atoms with Crippen molar-refractivity contribution in [3.63, 3.8) is 0 Å². The molecule has 0 aliphatic heterocycles. The first-order chi connectivity index (χ1) is 7.31. The Morgan fingerprint density at radius 1 is 1.20 bits per heavy atom. The van der Waals surface area contributed by atoms with Crippen molar-refractivity contribution in [2.45, 2.75) is 6.54 Å². The van der Waals surface area contributed by atoms with E-state index in [4.69, 9.17) is 4.42 Å². The average Bonchev–Trinajstić information content (AvgIpc) is 2.68. The molecule has 1 aromatic heterocycles. The van der Waals surface area contributed by atoms with E-state index in [-0.39, 0.29) is 0 Å². The van der Waals surface area contributed by atoms with E-state index < -0.39 is 0 Å². The van der Waals surface area contributed by atoms with Crippen molar-refractivity contribution >= 4 is 15.9 Å². The molecule has 3 heteroatoms. The minimum atomic E-state index is 0.748. The van der Waals surface area contributed by atoms with Crippen LogP contribution in [0.4, 0.5) is 0 Å². The van der Waals surface area contributed by atoms with Crippen molar-refractivity contribution in [1.29, 1.82) is 0 Å². The summed E-state index contributed by atoms with van der Waals surface area (Å²) in [5, 5.41) is 3.09. The lowest BCUT2D eigenvalue weighted by atomic mass is 10.1. The quantitative estimate of drug-likeness (QED) is 0.920. The van der Waals surface area contributed by atoms with Gasteiger partial charge in [0, 0.05) is 10.0 Å². The molecule has 0 saturated carbocycles. The highest BCUT2D eigenvalue weighted by atomic mass is 79.9. The zero-order valence-electron chi connectivity index (χ0n) is 8.46. The van der Waals surface area contributed by atoms with E-state index in [9.17, 15) is 0 Å². The zero-order valence-corrected chi connectivity index (χ0v) is 10.0. The molecule has 0 amide bonds. The highest BCUT2D eigenvalue weighted by molar-refractivity contribution is 9.10. The minimum absolute atomic E-state index is 0.748. The molecule has 0 saturated heterocycles. The number of hydrogen-bond acceptors (Lipinski definition) is 2. The molecular formula is C12H12BrNO. The van der Waals surface area contributed by atoms with Crippen LogP contribution in [-0.2, 0) is 6.54 Å². The van der Waals surface area contributed by atoms with Gasteiger partial charge in [-0.25, -0.2) is 0 Å². The minimum Gasteiger partial charge on any atom is -0.467 e. The van der Waals surface area contributed by atoms with Gasteiger partial charge < -0.3 is 9.73 Å². The van der Waals surface area contributed by atoms with E-state index in [0.717, 1.165) is 22.3 Å². The second-order valence-corrected chi connectivity index (χ2v) is 4.21. The largest absolute Gasteiger partial charge is 0.467 e. The number of benzene rings is 1. The molecule has 1 aromatic carbocycles. The monoisotopic (exact) mass is 265 g/mol. The molecule has 15 heavy (non-hydrogen) atoms. The summed E-state index contributed by atoms with van der Waals surface area (Å²) in [5.41, 5.74) is 2.33. The van der Waals surface area contributed by atoms with E-state index >= 15 is 0 Å². The molecule has 0 aliphatic carbocycles. The van der Waals surface area contributed by atoms with Gasteiger partial charge in [-0.2, -0.15) is 0 Å². The van der Waals surface area contributed by atoms with Gasteiger partial charge in [-0.15, -0.1) is 0 Å². The maximum atomic E-state index is 5.42. The summed E-state index contributed by atoms with van der Waals surface area (Å²) in [6.45, 7) is 0.748. The Bertz CT molecular complexity index is 433. The van der Waals surface area contributed by atoms with Crippen LogP contribution < -0.4 is 5.32 Å². The maximum Gasteiger partial charge on any atom is 0.125 e. The van der Waals surface area contributed by atoms with Gasteiger partial charge >= 0.3 is 0 Å². The third-order valence-corrected chi connectivity index (χ3v) is 2.77. The first-order valence-corrected chi connectivity index (χ1v) is 5.57. The average molecular weight is 266 g/mol. The van der Waals surface area contributed by atoms with Gasteiger partial charge in [0.15, 0.2) is 0 Å². The highest BCUT2D eigenvalue weighted by Gasteiger charge is 2.07. The van der Waals surface area contributed by atoms with Crippen molar-refractivity contribution in [3.8, 4) is 11.1 Å². The Kier molecular flexibility index (Phi) is 3.23. The van der Waals surface area contributed by atoms with Crippen LogP contribution in [0.1, 0.15) is 5.76 Å². The third-order valence-electron chi connectivity index (χ3n) is 2.24. The Morgan fingerprint density at radius 2 is 1.93 bits per heavy atom. The van der Waals surface area contributed by atoms with E-state index in [2.05, 4.69) is 33.4 Å². The molecule has 1 heterocycles. The second-order valence-electron chi connectivity index (χ2n) is 3.29. The normalized spacial score (nSPS) is 10.5. The van der Waals surface area contributed by atoms with Gasteiger partial charge in [-0.05, 0) is 30.8 Å². The smallest absolute Gasteiger partial charge is 0.125 e. The Balaban J connectivity index is 2.36. The van der Waals surface area contributed by atoms with Gasteiger partial charge in [-0.3, -0.25) is 0 Å².